The van der Waals surface area contributed by atoms with Crippen LogP contribution in [0.2, 0.25) is 0 Å². The van der Waals surface area contributed by atoms with Crippen LogP contribution in [0.4, 0.5) is 0 Å². The monoisotopic (exact) mass is 413 g/mol. The number of β-amino-alcohol motifs (C(OH)–C–C–N with tert-alkyl or cyclic N) is 1. The number of aliphatic hydroxyl groups excluding tert-OH is 1. The zero-order valence-corrected chi connectivity index (χ0v) is 15.3. The van der Waals surface area contributed by atoms with Gasteiger partial charge in [0.05, 0.1) is 19.9 Å². The fourth-order valence-electron chi connectivity index (χ4n) is 2.72. The van der Waals surface area contributed by atoms with Gasteiger partial charge in [-0.1, -0.05) is 22.0 Å². The second kappa shape index (κ2) is 7.14. The van der Waals surface area contributed by atoms with Gasteiger partial charge in [0, 0.05) is 23.0 Å². The highest BCUT2D eigenvalue weighted by Crippen LogP contribution is 2.23. The summed E-state index contributed by atoms with van der Waals surface area (Å²) in [5.74, 6) is 0.0180. The van der Waals surface area contributed by atoms with Crippen molar-refractivity contribution in [1.29, 1.82) is 0 Å². The first kappa shape index (κ1) is 17.3. The number of ether oxygens (including phenoxy) is 1. The zero-order valence-electron chi connectivity index (χ0n) is 12.9. The molecule has 24 heavy (non-hydrogen) atoms. The lowest BCUT2D eigenvalue weighted by molar-refractivity contribution is -0.146. The smallest absolute Gasteiger partial charge is 0.323 e. The fourth-order valence-corrected chi connectivity index (χ4v) is 3.30. The van der Waals surface area contributed by atoms with E-state index in [1.54, 1.807) is 4.90 Å². The van der Waals surface area contributed by atoms with Crippen LogP contribution in [0.15, 0.2) is 33.2 Å². The number of halogens is 1. The number of carbonyl (C=O) groups is 1. The van der Waals surface area contributed by atoms with E-state index in [9.17, 15) is 9.90 Å². The minimum atomic E-state index is -0.584. The Labute approximate surface area is 152 Å². The van der Waals surface area contributed by atoms with Gasteiger partial charge in [-0.25, -0.2) is 4.68 Å². The summed E-state index contributed by atoms with van der Waals surface area (Å²) in [5, 5.41) is 14.2. The summed E-state index contributed by atoms with van der Waals surface area (Å²) in [6, 6.07) is 7.01. The van der Waals surface area contributed by atoms with Crippen LogP contribution >= 0.6 is 28.1 Å². The molecule has 1 saturated heterocycles. The Hall–Kier alpha value is -1.55. The molecule has 2 aromatic rings. The van der Waals surface area contributed by atoms with Crippen LogP contribution < -0.4 is 0 Å². The second-order valence-corrected chi connectivity index (χ2v) is 6.79. The highest BCUT2D eigenvalue weighted by atomic mass is 79.9. The number of hydrogen-bond acceptors (Lipinski definition) is 7. The highest BCUT2D eigenvalue weighted by molar-refractivity contribution is 9.10. The molecule has 128 valence electrons. The summed E-state index contributed by atoms with van der Waals surface area (Å²) in [6.07, 6.45) is -0.254. The van der Waals surface area contributed by atoms with Crippen molar-refractivity contribution in [2.45, 2.75) is 25.2 Å². The average molecular weight is 414 g/mol. The van der Waals surface area contributed by atoms with Crippen LogP contribution in [-0.2, 0) is 16.2 Å². The summed E-state index contributed by atoms with van der Waals surface area (Å²) in [4.78, 5) is 13.8. The molecule has 0 radical (unpaired) electrons. The van der Waals surface area contributed by atoms with E-state index in [1.165, 1.54) is 11.8 Å². The van der Waals surface area contributed by atoms with Crippen LogP contribution in [0.1, 0.15) is 6.42 Å². The van der Waals surface area contributed by atoms with Crippen LogP contribution in [0.25, 0.3) is 11.5 Å². The summed E-state index contributed by atoms with van der Waals surface area (Å²) < 4.78 is 12.8. The van der Waals surface area contributed by atoms with E-state index >= 15 is 0 Å². The lowest BCUT2D eigenvalue weighted by atomic mass is 10.2. The number of hydrogen-bond donors (Lipinski definition) is 1. The zero-order chi connectivity index (χ0) is 17.3. The lowest BCUT2D eigenvalue weighted by Crippen LogP contribution is -2.38. The molecule has 0 spiro atoms. The van der Waals surface area contributed by atoms with Gasteiger partial charge in [0.2, 0.25) is 5.89 Å². The Morgan fingerprint density at radius 1 is 1.58 bits per heavy atom. The van der Waals surface area contributed by atoms with Gasteiger partial charge in [-0.15, -0.1) is 5.10 Å². The van der Waals surface area contributed by atoms with Crippen molar-refractivity contribution in [3.8, 4) is 11.5 Å². The number of carbonyl (C=O) groups excluding carboxylic acids is 1. The molecule has 1 fully saturated rings. The van der Waals surface area contributed by atoms with Crippen molar-refractivity contribution in [1.82, 2.24) is 14.7 Å². The van der Waals surface area contributed by atoms with Crippen molar-refractivity contribution in [3.05, 3.63) is 33.6 Å². The fraction of sp³-hybridized carbons (Fsp3) is 0.400. The molecule has 1 aromatic carbocycles. The molecule has 0 amide bonds. The quantitative estimate of drug-likeness (QED) is 0.607. The number of methoxy groups -OCH3 is 1. The minimum Gasteiger partial charge on any atom is -0.468 e. The Bertz CT molecular complexity index is 806. The van der Waals surface area contributed by atoms with E-state index in [0.29, 0.717) is 18.9 Å². The maximum Gasteiger partial charge on any atom is 0.323 e. The SMILES string of the molecule is COC(=O)[C@@H]1C[C@@H](O)CN1Cn1nc(-c2cccc(Br)c2)oc1=S. The molecule has 0 saturated carbocycles. The predicted octanol–water partition coefficient (Wildman–Crippen LogP) is 2.20. The highest BCUT2D eigenvalue weighted by Gasteiger charge is 2.37. The number of rotatable bonds is 4. The number of nitrogens with zero attached hydrogens (tertiary/aromatic N) is 3. The lowest BCUT2D eigenvalue weighted by Gasteiger charge is -2.21. The largest absolute Gasteiger partial charge is 0.468 e. The van der Waals surface area contributed by atoms with Gasteiger partial charge in [-0.05, 0) is 30.4 Å². The normalized spacial score (nSPS) is 21.1. The summed E-state index contributed by atoms with van der Waals surface area (Å²) >= 11 is 8.62. The molecule has 1 aliphatic heterocycles. The number of aliphatic hydroxyl groups is 1. The predicted molar refractivity (Wildman–Crippen MR) is 91.6 cm³/mol. The molecule has 1 aliphatic rings. The topological polar surface area (TPSA) is 80.7 Å². The molecule has 2 atom stereocenters. The Kier molecular flexibility index (Phi) is 5.14. The number of benzene rings is 1. The molecule has 0 unspecified atom stereocenters. The minimum absolute atomic E-state index is 0.204. The first-order valence-corrected chi connectivity index (χ1v) is 8.52. The number of aromatic nitrogens is 2. The molecule has 3 rings (SSSR count). The standard InChI is InChI=1S/C15H16BrN3O4S/c1-22-14(21)12-6-11(20)7-18(12)8-19-15(24)23-13(17-19)9-3-2-4-10(16)5-9/h2-5,11-12,20H,6-8H2,1H3/t11-,12+/m1/s1. The van der Waals surface area contributed by atoms with Gasteiger partial charge in [-0.3, -0.25) is 9.69 Å². The maximum atomic E-state index is 11.8. The third-order valence-electron chi connectivity index (χ3n) is 3.85. The van der Waals surface area contributed by atoms with E-state index in [0.717, 1.165) is 10.0 Å². The first-order valence-electron chi connectivity index (χ1n) is 7.31. The van der Waals surface area contributed by atoms with Crippen LogP contribution in [0.5, 0.6) is 0 Å². The van der Waals surface area contributed by atoms with E-state index in [4.69, 9.17) is 21.4 Å². The average Bonchev–Trinajstić information content (AvgIpc) is 3.10. The van der Waals surface area contributed by atoms with Gasteiger partial charge in [-0.2, -0.15) is 0 Å². The Morgan fingerprint density at radius 2 is 2.38 bits per heavy atom. The third-order valence-corrected chi connectivity index (χ3v) is 4.64. The van der Waals surface area contributed by atoms with Crippen molar-refractivity contribution in [3.63, 3.8) is 0 Å². The molecule has 2 heterocycles. The van der Waals surface area contributed by atoms with Crippen LogP contribution in [0.3, 0.4) is 0 Å². The molecular formula is C15H16BrN3O4S. The van der Waals surface area contributed by atoms with Crippen LogP contribution in [-0.4, -0.2) is 51.6 Å². The summed E-state index contributed by atoms with van der Waals surface area (Å²) in [5.41, 5.74) is 0.792. The third kappa shape index (κ3) is 3.59. The summed E-state index contributed by atoms with van der Waals surface area (Å²) in [6.45, 7) is 0.591. The van der Waals surface area contributed by atoms with Gasteiger partial charge >= 0.3 is 5.97 Å². The molecule has 0 aliphatic carbocycles. The van der Waals surface area contributed by atoms with Crippen LogP contribution in [0, 0.1) is 4.84 Å². The van der Waals surface area contributed by atoms with E-state index in [1.807, 2.05) is 24.3 Å². The number of likely N-dealkylation sites (tertiary alicyclic amines) is 1. The summed E-state index contributed by atoms with van der Waals surface area (Å²) in [7, 11) is 1.33. The van der Waals surface area contributed by atoms with Gasteiger partial charge in [0.25, 0.3) is 4.84 Å². The van der Waals surface area contributed by atoms with Crippen molar-refractivity contribution in [2.75, 3.05) is 13.7 Å². The second-order valence-electron chi connectivity index (χ2n) is 5.52. The Balaban J connectivity index is 1.83. The van der Waals surface area contributed by atoms with Gasteiger partial charge in [0.15, 0.2) is 0 Å². The maximum absolute atomic E-state index is 11.8. The van der Waals surface area contributed by atoms with Gasteiger partial charge in [0.1, 0.15) is 6.04 Å². The molecule has 7 nitrogen and oxygen atoms in total. The first-order chi connectivity index (χ1) is 11.5. The van der Waals surface area contributed by atoms with Crippen molar-refractivity contribution >= 4 is 34.1 Å². The number of esters is 1. The molecule has 1 aromatic heterocycles. The Morgan fingerprint density at radius 3 is 3.08 bits per heavy atom. The molecule has 9 heteroatoms. The molecular weight excluding hydrogens is 398 g/mol. The molecule has 1 N–H and O–H groups in total. The van der Waals surface area contributed by atoms with E-state index < -0.39 is 12.1 Å². The van der Waals surface area contributed by atoms with E-state index in [-0.39, 0.29) is 17.5 Å². The van der Waals surface area contributed by atoms with Gasteiger partial charge < -0.3 is 14.3 Å². The van der Waals surface area contributed by atoms with Crippen molar-refractivity contribution < 1.29 is 19.1 Å². The molecule has 0 bridgehead atoms. The van der Waals surface area contributed by atoms with E-state index in [2.05, 4.69) is 21.0 Å². The van der Waals surface area contributed by atoms with Crippen molar-refractivity contribution in [2.24, 2.45) is 0 Å².